The van der Waals surface area contributed by atoms with Gasteiger partial charge in [-0.15, -0.1) is 0 Å². The number of halogens is 1. The van der Waals surface area contributed by atoms with Crippen LogP contribution in [0, 0.1) is 0 Å². The van der Waals surface area contributed by atoms with Crippen LogP contribution in [0.1, 0.15) is 11.4 Å². The highest BCUT2D eigenvalue weighted by atomic mass is 35.5. The fraction of sp³-hybridized carbons (Fsp3) is 0.286. The van der Waals surface area contributed by atoms with Gasteiger partial charge >= 0.3 is 0 Å². The van der Waals surface area contributed by atoms with Crippen LogP contribution in [0.5, 0.6) is 0 Å². The molecule has 0 aliphatic carbocycles. The summed E-state index contributed by atoms with van der Waals surface area (Å²) < 4.78 is 0. The first-order chi connectivity index (χ1) is 6.20. The zero-order chi connectivity index (χ0) is 9.42. The van der Waals surface area contributed by atoms with E-state index < -0.39 is 0 Å². The van der Waals surface area contributed by atoms with Crippen molar-refractivity contribution in [3.8, 4) is 0 Å². The normalized spacial score (nSPS) is 14.2. The predicted octanol–water partition coefficient (Wildman–Crippen LogP) is 0.0833. The first kappa shape index (κ1) is 8.40. The Bertz CT molecular complexity index is 379. The van der Waals surface area contributed by atoms with Gasteiger partial charge in [-0.2, -0.15) is 0 Å². The number of anilines is 1. The molecule has 2 heterocycles. The predicted molar refractivity (Wildman–Crippen MR) is 47.3 cm³/mol. The first-order valence-electron chi connectivity index (χ1n) is 3.76. The van der Waals surface area contributed by atoms with Crippen molar-refractivity contribution in [2.24, 2.45) is 5.73 Å². The molecule has 0 saturated carbocycles. The van der Waals surface area contributed by atoms with Gasteiger partial charge in [0.05, 0.1) is 13.0 Å². The third-order valence-electron chi connectivity index (χ3n) is 1.78. The van der Waals surface area contributed by atoms with E-state index in [0.717, 1.165) is 0 Å². The molecule has 5 nitrogen and oxygen atoms in total. The number of carbonyl (C=O) groups is 1. The number of nitrogens with one attached hydrogen (secondary N) is 1. The number of aromatic nitrogens is 2. The number of nitrogens with zero attached hydrogens (tertiary/aromatic N) is 2. The molecule has 0 aromatic carbocycles. The highest BCUT2D eigenvalue weighted by Gasteiger charge is 2.23. The van der Waals surface area contributed by atoms with E-state index in [1.807, 2.05) is 0 Å². The lowest BCUT2D eigenvalue weighted by molar-refractivity contribution is -0.115. The zero-order valence-electron chi connectivity index (χ0n) is 6.67. The van der Waals surface area contributed by atoms with Crippen molar-refractivity contribution in [2.45, 2.75) is 13.0 Å². The van der Waals surface area contributed by atoms with Crippen LogP contribution < -0.4 is 11.1 Å². The fourth-order valence-electron chi connectivity index (χ4n) is 1.19. The fourth-order valence-corrected chi connectivity index (χ4v) is 1.44. The van der Waals surface area contributed by atoms with Crippen molar-refractivity contribution in [2.75, 3.05) is 5.32 Å². The molecule has 3 N–H and O–H groups in total. The summed E-state index contributed by atoms with van der Waals surface area (Å²) in [5.41, 5.74) is 6.01. The number of fused-ring (bicyclic) bond motifs is 1. The summed E-state index contributed by atoms with van der Waals surface area (Å²) in [6.07, 6.45) is 0.249. The van der Waals surface area contributed by atoms with Crippen LogP contribution in [-0.2, 0) is 17.8 Å². The minimum atomic E-state index is -0.111. The van der Waals surface area contributed by atoms with E-state index in [-0.39, 0.29) is 18.9 Å². The molecule has 1 amide bonds. The van der Waals surface area contributed by atoms with Gasteiger partial charge in [-0.25, -0.2) is 9.97 Å². The summed E-state index contributed by atoms with van der Waals surface area (Å²) in [4.78, 5) is 18.9. The summed E-state index contributed by atoms with van der Waals surface area (Å²) in [6, 6.07) is 0. The van der Waals surface area contributed by atoms with Crippen LogP contribution >= 0.6 is 11.6 Å². The Balaban J connectivity index is 2.52. The monoisotopic (exact) mass is 198 g/mol. The molecular formula is C7H7ClN4O. The number of amides is 1. The van der Waals surface area contributed by atoms with E-state index >= 15 is 0 Å². The van der Waals surface area contributed by atoms with E-state index in [2.05, 4.69) is 15.3 Å². The molecule has 1 aromatic heterocycles. The molecule has 1 aromatic rings. The molecule has 2 rings (SSSR count). The Hall–Kier alpha value is -1.20. The maximum Gasteiger partial charge on any atom is 0.230 e. The molecule has 0 unspecified atom stereocenters. The minimum absolute atomic E-state index is 0.111. The Kier molecular flexibility index (Phi) is 1.90. The number of nitrogens with two attached hydrogens (primary N) is 1. The minimum Gasteiger partial charge on any atom is -0.324 e. The Morgan fingerprint density at radius 3 is 3.00 bits per heavy atom. The number of hydrogen-bond acceptors (Lipinski definition) is 4. The van der Waals surface area contributed by atoms with Crippen LogP contribution in [0.15, 0.2) is 0 Å². The van der Waals surface area contributed by atoms with E-state index in [1.54, 1.807) is 0 Å². The topological polar surface area (TPSA) is 80.9 Å². The van der Waals surface area contributed by atoms with Crippen molar-refractivity contribution in [3.63, 3.8) is 0 Å². The number of carbonyl (C=O) groups excluding carboxylic acids is 1. The quantitative estimate of drug-likeness (QED) is 0.627. The molecule has 6 heteroatoms. The van der Waals surface area contributed by atoms with Crippen LogP contribution in [0.2, 0.25) is 5.15 Å². The molecule has 0 spiro atoms. The van der Waals surface area contributed by atoms with Crippen molar-refractivity contribution in [3.05, 3.63) is 16.5 Å². The van der Waals surface area contributed by atoms with Gasteiger partial charge in [0.1, 0.15) is 16.8 Å². The molecule has 0 bridgehead atoms. The van der Waals surface area contributed by atoms with Crippen LogP contribution in [-0.4, -0.2) is 15.9 Å². The Labute approximate surface area is 79.3 Å². The van der Waals surface area contributed by atoms with Crippen molar-refractivity contribution in [1.82, 2.24) is 9.97 Å². The lowest BCUT2D eigenvalue weighted by Crippen LogP contribution is -2.07. The second kappa shape index (κ2) is 2.93. The molecule has 1 aliphatic heterocycles. The van der Waals surface area contributed by atoms with E-state index in [1.165, 1.54) is 0 Å². The maximum absolute atomic E-state index is 11.0. The van der Waals surface area contributed by atoms with Gasteiger partial charge in [-0.05, 0) is 0 Å². The Morgan fingerprint density at radius 2 is 2.31 bits per heavy atom. The summed E-state index contributed by atoms with van der Waals surface area (Å²) in [5, 5.41) is 2.89. The highest BCUT2D eigenvalue weighted by molar-refractivity contribution is 6.31. The van der Waals surface area contributed by atoms with Gasteiger partial charge in [0.25, 0.3) is 0 Å². The Morgan fingerprint density at radius 1 is 1.54 bits per heavy atom. The van der Waals surface area contributed by atoms with Gasteiger partial charge in [0.2, 0.25) is 5.91 Å². The molecule has 0 radical (unpaired) electrons. The zero-order valence-corrected chi connectivity index (χ0v) is 7.43. The molecule has 0 saturated heterocycles. The van der Waals surface area contributed by atoms with Crippen molar-refractivity contribution in [1.29, 1.82) is 0 Å². The smallest absolute Gasteiger partial charge is 0.230 e. The van der Waals surface area contributed by atoms with Crippen LogP contribution in [0.3, 0.4) is 0 Å². The summed E-state index contributed by atoms with van der Waals surface area (Å²) >= 11 is 5.82. The van der Waals surface area contributed by atoms with E-state index in [9.17, 15) is 4.79 Å². The maximum atomic E-state index is 11.0. The lowest BCUT2D eigenvalue weighted by Gasteiger charge is -2.01. The van der Waals surface area contributed by atoms with E-state index in [0.29, 0.717) is 22.4 Å². The SMILES string of the molecule is NCc1nc(Cl)c2c(n1)NC(=O)C2. The van der Waals surface area contributed by atoms with Crippen LogP contribution in [0.4, 0.5) is 5.82 Å². The van der Waals surface area contributed by atoms with E-state index in [4.69, 9.17) is 17.3 Å². The molecule has 0 atom stereocenters. The number of hydrogen-bond donors (Lipinski definition) is 2. The second-order valence-electron chi connectivity index (χ2n) is 2.69. The van der Waals surface area contributed by atoms with Gasteiger partial charge in [0.15, 0.2) is 0 Å². The molecule has 1 aliphatic rings. The average Bonchev–Trinajstić information content (AvgIpc) is 2.46. The summed E-state index contributed by atoms with van der Waals surface area (Å²) in [5.74, 6) is 0.816. The molecular weight excluding hydrogens is 192 g/mol. The van der Waals surface area contributed by atoms with Gasteiger partial charge < -0.3 is 11.1 Å². The highest BCUT2D eigenvalue weighted by Crippen LogP contribution is 2.26. The summed E-state index contributed by atoms with van der Waals surface area (Å²) in [7, 11) is 0. The van der Waals surface area contributed by atoms with Crippen molar-refractivity contribution < 1.29 is 4.79 Å². The van der Waals surface area contributed by atoms with Gasteiger partial charge in [0, 0.05) is 5.56 Å². The lowest BCUT2D eigenvalue weighted by atomic mass is 10.3. The summed E-state index contributed by atoms with van der Waals surface area (Å²) in [6.45, 7) is 0.211. The standard InChI is InChI=1S/C7H7ClN4O/c8-6-3-1-5(13)12-7(3)11-4(2-9)10-6/h1-2,9H2,(H,10,11,12,13). The van der Waals surface area contributed by atoms with Crippen molar-refractivity contribution >= 4 is 23.3 Å². The van der Waals surface area contributed by atoms with Crippen LogP contribution in [0.25, 0.3) is 0 Å². The third kappa shape index (κ3) is 1.36. The van der Waals surface area contributed by atoms with Gasteiger partial charge in [-0.1, -0.05) is 11.6 Å². The second-order valence-corrected chi connectivity index (χ2v) is 3.04. The average molecular weight is 199 g/mol. The third-order valence-corrected chi connectivity index (χ3v) is 2.09. The number of rotatable bonds is 1. The molecule has 13 heavy (non-hydrogen) atoms. The largest absolute Gasteiger partial charge is 0.324 e. The first-order valence-corrected chi connectivity index (χ1v) is 4.13. The van der Waals surface area contributed by atoms with Gasteiger partial charge in [-0.3, -0.25) is 4.79 Å². The molecule has 0 fully saturated rings. The molecule has 68 valence electrons.